The molecule has 0 saturated heterocycles. The maximum atomic E-state index is 10.9. The Morgan fingerprint density at radius 3 is 1.97 bits per heavy atom. The third-order valence-corrected chi connectivity index (χ3v) is 10.1. The van der Waals surface area contributed by atoms with E-state index in [-0.39, 0.29) is 31.6 Å². The van der Waals surface area contributed by atoms with Gasteiger partial charge in [-0.3, -0.25) is 0 Å². The van der Waals surface area contributed by atoms with Crippen molar-refractivity contribution in [1.82, 2.24) is 0 Å². The maximum Gasteiger partial charge on any atom is 0.190 e. The second-order valence-corrected chi connectivity index (χ2v) is 12.5. The summed E-state index contributed by atoms with van der Waals surface area (Å²) in [5, 5.41) is 16.6. The second-order valence-electron chi connectivity index (χ2n) is 7.15. The molecule has 4 heterocycles. The lowest BCUT2D eigenvalue weighted by molar-refractivity contribution is 0.425. The van der Waals surface area contributed by atoms with Crippen molar-refractivity contribution in [2.45, 2.75) is 0 Å². The van der Waals surface area contributed by atoms with Crippen molar-refractivity contribution in [1.29, 1.82) is 0 Å². The number of ether oxygens (including phenoxy) is 1. The molecule has 4 aromatic rings. The van der Waals surface area contributed by atoms with Gasteiger partial charge < -0.3 is 9.84 Å². The molecule has 1 N–H and O–H groups in total. The van der Waals surface area contributed by atoms with Crippen molar-refractivity contribution in [2.24, 2.45) is 0 Å². The summed E-state index contributed by atoms with van der Waals surface area (Å²) in [7, 11) is 0. The molecule has 10 heteroatoms. The number of phenolic OH excluding ortho intramolecular Hbond substituents is 1. The number of phenols is 1. The van der Waals surface area contributed by atoms with Crippen LogP contribution in [0.1, 0.15) is 14.6 Å². The van der Waals surface area contributed by atoms with Crippen molar-refractivity contribution in [2.75, 3.05) is 0 Å². The molecule has 5 rings (SSSR count). The van der Waals surface area contributed by atoms with E-state index >= 15 is 0 Å². The number of allylic oxidation sites excluding steroid dienone is 2. The molecule has 0 aliphatic carbocycles. The van der Waals surface area contributed by atoms with Crippen LogP contribution < -0.4 is 4.74 Å². The molecule has 36 heavy (non-hydrogen) atoms. The van der Waals surface area contributed by atoms with E-state index in [1.54, 1.807) is 34.4 Å². The number of thioether (sulfide) groups is 1. The van der Waals surface area contributed by atoms with Gasteiger partial charge >= 0.3 is 0 Å². The number of aromatic hydroxyl groups is 1. The van der Waals surface area contributed by atoms with Crippen LogP contribution in [0.5, 0.6) is 11.5 Å². The van der Waals surface area contributed by atoms with Crippen LogP contribution in [-0.4, -0.2) is 5.11 Å². The average molecular weight is 627 g/mol. The van der Waals surface area contributed by atoms with Gasteiger partial charge in [-0.2, -0.15) is 0 Å². The third-order valence-electron chi connectivity index (χ3n) is 4.93. The molecule has 3 aromatic heterocycles. The maximum absolute atomic E-state index is 10.9. The molecule has 1 radical (unpaired) electrons. The number of rotatable bonds is 6. The fraction of sp³-hybridized carbons (Fsp3) is 0. The summed E-state index contributed by atoms with van der Waals surface area (Å²) in [5.41, 5.74) is 5.23. The molecular formula is C26H13Cl4O2S4. The summed E-state index contributed by atoms with van der Waals surface area (Å²) in [5.74, 6) is 2.02. The van der Waals surface area contributed by atoms with Crippen LogP contribution in [0.2, 0.25) is 20.1 Å². The van der Waals surface area contributed by atoms with Gasteiger partial charge in [-0.05, 0) is 40.4 Å². The quantitative estimate of drug-likeness (QED) is 0.0759. The van der Waals surface area contributed by atoms with Crippen LogP contribution in [-0.2, 0) is 0 Å². The summed E-state index contributed by atoms with van der Waals surface area (Å²) in [4.78, 5) is 3.74. The summed E-state index contributed by atoms with van der Waals surface area (Å²) in [6, 6.07) is 11.9. The van der Waals surface area contributed by atoms with E-state index in [0.29, 0.717) is 5.76 Å². The average Bonchev–Trinajstić information content (AvgIpc) is 3.70. The summed E-state index contributed by atoms with van der Waals surface area (Å²) >= 11 is 31.5. The molecule has 0 atom stereocenters. The van der Waals surface area contributed by atoms with Gasteiger partial charge in [0.05, 0.1) is 25.4 Å². The van der Waals surface area contributed by atoms with Gasteiger partial charge in [-0.25, -0.2) is 0 Å². The largest absolute Gasteiger partial charge is 0.503 e. The lowest BCUT2D eigenvalue weighted by Gasteiger charge is -2.19. The first kappa shape index (κ1) is 26.1. The highest BCUT2D eigenvalue weighted by Crippen LogP contribution is 2.52. The molecule has 1 aliphatic heterocycles. The fourth-order valence-corrected chi connectivity index (χ4v) is 7.04. The standard InChI is InChI=1S/C26H13Cl4O2S4/c27-20-21(28)23(30)26(24(31)22(20)29)32-25(18-8-4-12-36-18)19(17-7-3-11-35-17)15(16-6-2-10-34-16)13-14-5-1-9-33-14/h1-12,31H/b25-19+. The molecule has 2 nitrogen and oxygen atoms in total. The third kappa shape index (κ3) is 5.21. The first-order valence-electron chi connectivity index (χ1n) is 10.2. The minimum absolute atomic E-state index is 0.00138. The second kappa shape index (κ2) is 11.4. The Kier molecular flexibility index (Phi) is 8.28. The van der Waals surface area contributed by atoms with Gasteiger partial charge in [0.2, 0.25) is 0 Å². The number of benzene rings is 1. The first-order chi connectivity index (χ1) is 17.5. The SMILES string of the molecule is Oc1c(Cl)c(Cl)c(Cl)c(Cl)c1O/C(=C(\C(=C=C1C=C[CH]S1)c1cccs1)c1cccs1)c1cccs1. The molecule has 0 fully saturated rings. The molecule has 0 saturated carbocycles. The van der Waals surface area contributed by atoms with E-state index in [9.17, 15) is 5.11 Å². The number of halogens is 4. The predicted molar refractivity (Wildman–Crippen MR) is 160 cm³/mol. The molecule has 1 aromatic carbocycles. The topological polar surface area (TPSA) is 29.5 Å². The molecule has 181 valence electrons. The Morgan fingerprint density at radius 2 is 1.39 bits per heavy atom. The highest BCUT2D eigenvalue weighted by atomic mass is 35.5. The van der Waals surface area contributed by atoms with Crippen LogP contribution in [0, 0.1) is 5.75 Å². The highest BCUT2D eigenvalue weighted by molar-refractivity contribution is 8.05. The highest BCUT2D eigenvalue weighted by Gasteiger charge is 2.27. The number of hydrogen-bond donors (Lipinski definition) is 1. The lowest BCUT2D eigenvalue weighted by atomic mass is 10.0. The Labute approximate surface area is 244 Å². The molecule has 0 bridgehead atoms. The molecule has 0 amide bonds. The van der Waals surface area contributed by atoms with Crippen molar-refractivity contribution in [3.63, 3.8) is 0 Å². The zero-order chi connectivity index (χ0) is 25.2. The van der Waals surface area contributed by atoms with Gasteiger partial charge in [0, 0.05) is 21.1 Å². The van der Waals surface area contributed by atoms with Crippen LogP contribution in [0.3, 0.4) is 0 Å². The molecule has 0 spiro atoms. The molecule has 0 unspecified atom stereocenters. The number of thiophene rings is 3. The Bertz CT molecular complexity index is 1500. The smallest absolute Gasteiger partial charge is 0.190 e. The minimum Gasteiger partial charge on any atom is -0.503 e. The normalized spacial score (nSPS) is 13.6. The first-order valence-corrected chi connectivity index (χ1v) is 15.2. The van der Waals surface area contributed by atoms with Crippen molar-refractivity contribution in [3.05, 3.63) is 116 Å². The van der Waals surface area contributed by atoms with Gasteiger partial charge in [0.1, 0.15) is 10.0 Å². The zero-order valence-corrected chi connectivity index (χ0v) is 24.2. The van der Waals surface area contributed by atoms with E-state index in [0.717, 1.165) is 30.7 Å². The van der Waals surface area contributed by atoms with E-state index in [2.05, 4.69) is 5.73 Å². The van der Waals surface area contributed by atoms with Crippen molar-refractivity contribution >= 4 is 109 Å². The van der Waals surface area contributed by atoms with Gasteiger partial charge in [-0.15, -0.1) is 45.8 Å². The number of hydrogen-bond acceptors (Lipinski definition) is 6. The minimum atomic E-state index is -0.389. The molecular weight excluding hydrogens is 614 g/mol. The fourth-order valence-electron chi connectivity index (χ4n) is 3.34. The summed E-state index contributed by atoms with van der Waals surface area (Å²) in [6.07, 6.45) is 4.00. The van der Waals surface area contributed by atoms with Crippen LogP contribution in [0.25, 0.3) is 16.9 Å². The van der Waals surface area contributed by atoms with Crippen molar-refractivity contribution in [3.8, 4) is 11.5 Å². The van der Waals surface area contributed by atoms with Crippen LogP contribution in [0.15, 0.2) is 75.3 Å². The summed E-state index contributed by atoms with van der Waals surface area (Å²) < 4.78 is 6.46. The van der Waals surface area contributed by atoms with E-state index < -0.39 is 0 Å². The zero-order valence-electron chi connectivity index (χ0n) is 17.9. The van der Waals surface area contributed by atoms with E-state index in [1.807, 2.05) is 70.4 Å². The van der Waals surface area contributed by atoms with E-state index in [4.69, 9.17) is 51.1 Å². The van der Waals surface area contributed by atoms with Gasteiger partial charge in [0.25, 0.3) is 0 Å². The van der Waals surface area contributed by atoms with Crippen molar-refractivity contribution < 1.29 is 9.84 Å². The Morgan fingerprint density at radius 1 is 0.778 bits per heavy atom. The molecule has 1 aliphatic rings. The van der Waals surface area contributed by atoms with Gasteiger partial charge in [-0.1, -0.05) is 76.4 Å². The predicted octanol–water partition coefficient (Wildman–Crippen LogP) is 11.2. The summed E-state index contributed by atoms with van der Waals surface area (Å²) in [6.45, 7) is 0. The van der Waals surface area contributed by atoms with Gasteiger partial charge in [0.15, 0.2) is 17.3 Å². The Balaban J connectivity index is 1.86. The lowest BCUT2D eigenvalue weighted by Crippen LogP contribution is -2.01. The van der Waals surface area contributed by atoms with Crippen LogP contribution in [0.4, 0.5) is 0 Å². The monoisotopic (exact) mass is 625 g/mol. The van der Waals surface area contributed by atoms with Crippen LogP contribution >= 0.6 is 92.2 Å². The Hall–Kier alpha value is -1.57. The van der Waals surface area contributed by atoms with E-state index in [1.165, 1.54) is 11.3 Å².